The number of aryl methyl sites for hydroxylation is 2. The fraction of sp³-hybridized carbons (Fsp3) is 0.154. The Hall–Kier alpha value is -4.64. The maximum absolute atomic E-state index is 13.4. The van der Waals surface area contributed by atoms with Gasteiger partial charge in [-0.1, -0.05) is 17.4 Å². The summed E-state index contributed by atoms with van der Waals surface area (Å²) >= 11 is 1.05. The molecule has 1 unspecified atom stereocenters. The number of nitro benzene ring substituents is 1. The molecule has 1 aliphatic heterocycles. The number of ether oxygens (including phenoxy) is 1. The largest absolute Gasteiger partial charge is 0.507 e. The molecule has 2 aromatic carbocycles. The van der Waals surface area contributed by atoms with E-state index < -0.39 is 22.7 Å². The molecule has 0 radical (unpaired) electrons. The van der Waals surface area contributed by atoms with Crippen molar-refractivity contribution in [3.05, 3.63) is 92.8 Å². The van der Waals surface area contributed by atoms with E-state index in [1.54, 1.807) is 44.5 Å². The first kappa shape index (κ1) is 24.1. The topological polar surface area (TPSA) is 136 Å². The van der Waals surface area contributed by atoms with Gasteiger partial charge in [0, 0.05) is 30.1 Å². The summed E-state index contributed by atoms with van der Waals surface area (Å²) in [5.74, 6) is -1.44. The van der Waals surface area contributed by atoms with Crippen LogP contribution in [0.5, 0.6) is 5.75 Å². The Morgan fingerprint density at radius 3 is 2.62 bits per heavy atom. The van der Waals surface area contributed by atoms with Crippen LogP contribution in [0.3, 0.4) is 0 Å². The van der Waals surface area contributed by atoms with Crippen LogP contribution in [-0.2, 0) is 9.59 Å². The maximum atomic E-state index is 13.4. The van der Waals surface area contributed by atoms with E-state index in [4.69, 9.17) is 4.74 Å². The number of hydrogen-bond acceptors (Lipinski definition) is 9. The number of aromatic nitrogens is 2. The Morgan fingerprint density at radius 1 is 1.16 bits per heavy atom. The molecule has 0 saturated carbocycles. The average Bonchev–Trinajstić information content (AvgIpc) is 3.42. The second-order valence-corrected chi connectivity index (χ2v) is 9.51. The molecule has 1 amide bonds. The molecule has 2 aromatic heterocycles. The van der Waals surface area contributed by atoms with Crippen LogP contribution >= 0.6 is 11.3 Å². The number of amides is 1. The van der Waals surface area contributed by atoms with Crippen LogP contribution in [0.4, 0.5) is 10.8 Å². The number of methoxy groups -OCH3 is 1. The van der Waals surface area contributed by atoms with E-state index in [9.17, 15) is 24.8 Å². The van der Waals surface area contributed by atoms with E-state index in [-0.39, 0.29) is 22.2 Å². The summed E-state index contributed by atoms with van der Waals surface area (Å²) < 4.78 is 5.84. The monoisotopic (exact) mass is 516 g/mol. The molecule has 1 saturated heterocycles. The minimum Gasteiger partial charge on any atom is -0.507 e. The summed E-state index contributed by atoms with van der Waals surface area (Å²) in [6.07, 6.45) is 3.07. The number of aliphatic hydroxyl groups excluding tert-OH is 1. The van der Waals surface area contributed by atoms with E-state index in [0.29, 0.717) is 32.7 Å². The van der Waals surface area contributed by atoms with Crippen LogP contribution in [0.15, 0.2) is 60.4 Å². The van der Waals surface area contributed by atoms with E-state index in [1.807, 2.05) is 6.92 Å². The second kappa shape index (κ2) is 9.10. The molecule has 186 valence electrons. The number of nitrogens with zero attached hydrogens (tertiary/aromatic N) is 4. The first-order chi connectivity index (χ1) is 17.7. The molecule has 0 bridgehead atoms. The summed E-state index contributed by atoms with van der Waals surface area (Å²) in [7, 11) is 1.54. The lowest BCUT2D eigenvalue weighted by atomic mass is 9.94. The van der Waals surface area contributed by atoms with Gasteiger partial charge in [-0.3, -0.25) is 29.6 Å². The van der Waals surface area contributed by atoms with Gasteiger partial charge in [-0.25, -0.2) is 4.98 Å². The van der Waals surface area contributed by atoms with Crippen molar-refractivity contribution in [2.45, 2.75) is 19.9 Å². The third-order valence-corrected chi connectivity index (χ3v) is 7.24. The highest BCUT2D eigenvalue weighted by atomic mass is 32.1. The number of carbonyl (C=O) groups is 2. The SMILES string of the molecule is COc1cc(C)c(/C(O)=C2\C(=O)C(=O)N(c3nc4ccc([N+](=O)[O-])cc4s3)C2c2cccnc2)cc1C. The number of anilines is 1. The number of fused-ring (bicyclic) bond motifs is 1. The molecule has 1 N–H and O–H groups in total. The number of carbonyl (C=O) groups excluding carboxylic acids is 2. The maximum Gasteiger partial charge on any atom is 0.301 e. The molecule has 10 nitrogen and oxygen atoms in total. The molecule has 0 aliphatic carbocycles. The predicted octanol–water partition coefficient (Wildman–Crippen LogP) is 4.85. The van der Waals surface area contributed by atoms with Crippen molar-refractivity contribution in [3.8, 4) is 5.75 Å². The zero-order valence-corrected chi connectivity index (χ0v) is 20.8. The molecule has 11 heteroatoms. The average molecular weight is 517 g/mol. The third kappa shape index (κ3) is 3.99. The molecule has 5 rings (SSSR count). The lowest BCUT2D eigenvalue weighted by Gasteiger charge is -2.23. The molecular formula is C26H20N4O6S. The summed E-state index contributed by atoms with van der Waals surface area (Å²) in [4.78, 5) is 47.3. The number of ketones is 1. The summed E-state index contributed by atoms with van der Waals surface area (Å²) in [6.45, 7) is 3.58. The van der Waals surface area contributed by atoms with Gasteiger partial charge >= 0.3 is 5.91 Å². The zero-order chi connectivity index (χ0) is 26.4. The quantitative estimate of drug-likeness (QED) is 0.131. The lowest BCUT2D eigenvalue weighted by Crippen LogP contribution is -2.29. The van der Waals surface area contributed by atoms with Crippen molar-refractivity contribution in [2.24, 2.45) is 0 Å². The second-order valence-electron chi connectivity index (χ2n) is 8.50. The summed E-state index contributed by atoms with van der Waals surface area (Å²) in [5.41, 5.74) is 2.52. The minimum atomic E-state index is -1.01. The van der Waals surface area contributed by atoms with Gasteiger partial charge in [0.15, 0.2) is 5.13 Å². The van der Waals surface area contributed by atoms with Crippen molar-refractivity contribution < 1.29 is 24.4 Å². The predicted molar refractivity (Wildman–Crippen MR) is 138 cm³/mol. The van der Waals surface area contributed by atoms with Crippen molar-refractivity contribution in [3.63, 3.8) is 0 Å². The van der Waals surface area contributed by atoms with Gasteiger partial charge in [-0.05, 0) is 54.8 Å². The smallest absolute Gasteiger partial charge is 0.301 e. The van der Waals surface area contributed by atoms with Crippen LogP contribution in [0.2, 0.25) is 0 Å². The number of non-ortho nitro benzene ring substituents is 1. The van der Waals surface area contributed by atoms with E-state index in [2.05, 4.69) is 9.97 Å². The standard InChI is InChI=1S/C26H20N4O6S/c1-13-10-19(36-3)14(2)9-17(13)23(31)21-22(15-5-4-8-27-12-15)29(25(33)24(21)32)26-28-18-7-6-16(30(34)35)11-20(18)37-26/h4-12,22,31H,1-3H3/b23-21+. The molecule has 1 atom stereocenters. The van der Waals surface area contributed by atoms with Gasteiger partial charge in [0.2, 0.25) is 0 Å². The number of nitro groups is 1. The van der Waals surface area contributed by atoms with Gasteiger partial charge < -0.3 is 9.84 Å². The normalized spacial score (nSPS) is 16.9. The molecule has 1 fully saturated rings. The van der Waals surface area contributed by atoms with E-state index >= 15 is 0 Å². The molecule has 1 aliphatic rings. The number of aliphatic hydroxyl groups is 1. The Bertz CT molecular complexity index is 1630. The molecule has 37 heavy (non-hydrogen) atoms. The van der Waals surface area contributed by atoms with E-state index in [0.717, 1.165) is 16.9 Å². The first-order valence-corrected chi connectivity index (χ1v) is 11.9. The van der Waals surface area contributed by atoms with Crippen LogP contribution in [0.25, 0.3) is 16.0 Å². The van der Waals surface area contributed by atoms with Crippen LogP contribution < -0.4 is 9.64 Å². The highest BCUT2D eigenvalue weighted by Crippen LogP contribution is 2.45. The van der Waals surface area contributed by atoms with Crippen molar-refractivity contribution in [1.29, 1.82) is 0 Å². The fourth-order valence-electron chi connectivity index (χ4n) is 4.41. The molecule has 4 aromatic rings. The van der Waals surface area contributed by atoms with Crippen molar-refractivity contribution in [1.82, 2.24) is 9.97 Å². The first-order valence-electron chi connectivity index (χ1n) is 11.1. The van der Waals surface area contributed by atoms with Crippen molar-refractivity contribution in [2.75, 3.05) is 12.0 Å². The number of rotatable bonds is 5. The van der Waals surface area contributed by atoms with Crippen molar-refractivity contribution >= 4 is 49.8 Å². The minimum absolute atomic E-state index is 0.101. The third-order valence-electron chi connectivity index (χ3n) is 6.22. The highest BCUT2D eigenvalue weighted by Gasteiger charge is 2.48. The number of thiazole rings is 1. The molecule has 0 spiro atoms. The van der Waals surface area contributed by atoms with Crippen LogP contribution in [-0.4, -0.2) is 38.8 Å². The Balaban J connectivity index is 1.72. The Labute approximate surface area is 214 Å². The molecular weight excluding hydrogens is 496 g/mol. The number of pyridine rings is 1. The number of Topliss-reactive ketones (excluding diaryl/α,β-unsaturated/α-hetero) is 1. The van der Waals surface area contributed by atoms with Gasteiger partial charge in [0.1, 0.15) is 11.5 Å². The van der Waals surface area contributed by atoms with Gasteiger partial charge in [-0.15, -0.1) is 0 Å². The van der Waals surface area contributed by atoms with Crippen LogP contribution in [0, 0.1) is 24.0 Å². The number of hydrogen-bond donors (Lipinski definition) is 1. The fourth-order valence-corrected chi connectivity index (χ4v) is 5.44. The van der Waals surface area contributed by atoms with Crippen LogP contribution in [0.1, 0.15) is 28.3 Å². The zero-order valence-electron chi connectivity index (χ0n) is 20.0. The van der Waals surface area contributed by atoms with Gasteiger partial charge in [-0.2, -0.15) is 0 Å². The Morgan fingerprint density at radius 2 is 1.95 bits per heavy atom. The highest BCUT2D eigenvalue weighted by molar-refractivity contribution is 7.22. The van der Waals surface area contributed by atoms with Gasteiger partial charge in [0.05, 0.1) is 33.9 Å². The summed E-state index contributed by atoms with van der Waals surface area (Å²) in [6, 6.07) is 10.0. The summed E-state index contributed by atoms with van der Waals surface area (Å²) in [5, 5.41) is 22.8. The molecule has 3 heterocycles. The van der Waals surface area contributed by atoms with Gasteiger partial charge in [0.25, 0.3) is 11.5 Å². The number of benzene rings is 2. The Kier molecular flexibility index (Phi) is 5.92. The van der Waals surface area contributed by atoms with E-state index in [1.165, 1.54) is 29.3 Å². The lowest BCUT2D eigenvalue weighted by molar-refractivity contribution is -0.384.